The number of benzene rings is 2. The van der Waals surface area contributed by atoms with Gasteiger partial charge in [0.25, 0.3) is 5.69 Å². The zero-order valence-corrected chi connectivity index (χ0v) is 10.3. The van der Waals surface area contributed by atoms with Crippen molar-refractivity contribution in [1.82, 2.24) is 0 Å². The van der Waals surface area contributed by atoms with Gasteiger partial charge < -0.3 is 10.5 Å². The molecule has 0 saturated heterocycles. The fourth-order valence-corrected chi connectivity index (χ4v) is 1.72. The fourth-order valence-electron chi connectivity index (χ4n) is 1.72. The summed E-state index contributed by atoms with van der Waals surface area (Å²) in [6.07, 6.45) is 0.776. The van der Waals surface area contributed by atoms with Gasteiger partial charge in [-0.3, -0.25) is 10.1 Å². The van der Waals surface area contributed by atoms with E-state index >= 15 is 0 Å². The van der Waals surface area contributed by atoms with E-state index in [0.717, 1.165) is 6.42 Å². The molecule has 0 amide bonds. The van der Waals surface area contributed by atoms with Crippen LogP contribution in [0.3, 0.4) is 0 Å². The minimum absolute atomic E-state index is 0.101. The number of nitrogen functional groups attached to an aromatic ring is 1. The molecule has 5 heteroatoms. The Morgan fingerprint density at radius 1 is 1.16 bits per heavy atom. The largest absolute Gasteiger partial charge is 0.493 e. The molecule has 0 aliphatic heterocycles. The van der Waals surface area contributed by atoms with Crippen molar-refractivity contribution < 1.29 is 9.66 Å². The highest BCUT2D eigenvalue weighted by molar-refractivity contribution is 5.60. The van der Waals surface area contributed by atoms with E-state index in [9.17, 15) is 10.1 Å². The number of nitro benzene ring substituents is 1. The summed E-state index contributed by atoms with van der Waals surface area (Å²) in [6.45, 7) is 0.501. The van der Waals surface area contributed by atoms with Gasteiger partial charge in [0.2, 0.25) is 0 Å². The number of nitrogens with zero attached hydrogens (tertiary/aromatic N) is 1. The number of ether oxygens (including phenoxy) is 1. The maximum atomic E-state index is 10.6. The van der Waals surface area contributed by atoms with Crippen LogP contribution in [0.25, 0.3) is 0 Å². The quantitative estimate of drug-likeness (QED) is 0.508. The van der Waals surface area contributed by atoms with Crippen molar-refractivity contribution in [3.05, 3.63) is 64.2 Å². The van der Waals surface area contributed by atoms with Crippen LogP contribution in [0.1, 0.15) is 5.56 Å². The van der Waals surface area contributed by atoms with E-state index in [1.54, 1.807) is 6.07 Å². The predicted octanol–water partition coefficient (Wildman–Crippen LogP) is 2.80. The Morgan fingerprint density at radius 3 is 2.53 bits per heavy atom. The van der Waals surface area contributed by atoms with Crippen LogP contribution in [0.15, 0.2) is 48.5 Å². The van der Waals surface area contributed by atoms with Crippen LogP contribution in [0.4, 0.5) is 11.4 Å². The van der Waals surface area contributed by atoms with Crippen molar-refractivity contribution in [3.8, 4) is 5.75 Å². The van der Waals surface area contributed by atoms with Gasteiger partial charge in [-0.15, -0.1) is 0 Å². The van der Waals surface area contributed by atoms with Crippen LogP contribution >= 0.6 is 0 Å². The molecular formula is C14H14N2O3. The van der Waals surface area contributed by atoms with E-state index in [1.807, 2.05) is 30.3 Å². The third-order valence-electron chi connectivity index (χ3n) is 2.70. The number of anilines is 1. The smallest absolute Gasteiger partial charge is 0.292 e. The molecule has 0 aliphatic carbocycles. The van der Waals surface area contributed by atoms with Crippen molar-refractivity contribution in [3.63, 3.8) is 0 Å². The second kappa shape index (κ2) is 5.86. The predicted molar refractivity (Wildman–Crippen MR) is 73.1 cm³/mol. The monoisotopic (exact) mass is 258 g/mol. The van der Waals surface area contributed by atoms with Crippen LogP contribution in [0.5, 0.6) is 5.75 Å². The lowest BCUT2D eigenvalue weighted by Gasteiger charge is -2.07. The number of nitrogens with two attached hydrogens (primary N) is 1. The fraction of sp³-hybridized carbons (Fsp3) is 0.143. The number of hydrogen-bond acceptors (Lipinski definition) is 4. The Hall–Kier alpha value is -2.56. The molecule has 0 unspecified atom stereocenters. The normalized spacial score (nSPS) is 10.1. The summed E-state index contributed by atoms with van der Waals surface area (Å²) >= 11 is 0. The van der Waals surface area contributed by atoms with Crippen LogP contribution in [-0.4, -0.2) is 11.5 Å². The van der Waals surface area contributed by atoms with E-state index in [-0.39, 0.29) is 11.4 Å². The second-order valence-corrected chi connectivity index (χ2v) is 4.06. The highest BCUT2D eigenvalue weighted by Gasteiger charge is 2.11. The summed E-state index contributed by atoms with van der Waals surface area (Å²) in [6, 6.07) is 14.3. The van der Waals surface area contributed by atoms with E-state index in [1.165, 1.54) is 17.7 Å². The Morgan fingerprint density at radius 2 is 1.89 bits per heavy atom. The summed E-state index contributed by atoms with van der Waals surface area (Å²) in [5, 5.41) is 10.6. The number of hydrogen-bond donors (Lipinski definition) is 1. The Bertz CT molecular complexity index is 570. The number of rotatable bonds is 5. The maximum absolute atomic E-state index is 10.6. The van der Waals surface area contributed by atoms with Crippen molar-refractivity contribution in [1.29, 1.82) is 0 Å². The number of nitro groups is 1. The summed E-state index contributed by atoms with van der Waals surface area (Å²) in [5.41, 5.74) is 6.77. The summed E-state index contributed by atoms with van der Waals surface area (Å²) in [4.78, 5) is 10.1. The van der Waals surface area contributed by atoms with Crippen LogP contribution in [-0.2, 0) is 6.42 Å². The van der Waals surface area contributed by atoms with Gasteiger partial charge in [-0.05, 0) is 11.6 Å². The van der Waals surface area contributed by atoms with E-state index in [0.29, 0.717) is 12.4 Å². The average Bonchev–Trinajstić information content (AvgIpc) is 2.39. The molecule has 0 saturated carbocycles. The van der Waals surface area contributed by atoms with E-state index < -0.39 is 4.92 Å². The molecule has 0 spiro atoms. The molecule has 2 N–H and O–H groups in total. The van der Waals surface area contributed by atoms with Gasteiger partial charge in [0.05, 0.1) is 11.5 Å². The molecule has 5 nitrogen and oxygen atoms in total. The molecule has 0 fully saturated rings. The van der Waals surface area contributed by atoms with Gasteiger partial charge in [0, 0.05) is 18.6 Å². The highest BCUT2D eigenvalue weighted by atomic mass is 16.6. The molecule has 0 aromatic heterocycles. The third kappa shape index (κ3) is 3.45. The highest BCUT2D eigenvalue weighted by Crippen LogP contribution is 2.25. The molecule has 0 radical (unpaired) electrons. The van der Waals surface area contributed by atoms with Gasteiger partial charge in [0.1, 0.15) is 11.4 Å². The first kappa shape index (κ1) is 12.9. The standard InChI is InChI=1S/C14H14N2O3/c15-13-10-12(6-7-14(13)16(17)18)19-9-8-11-4-2-1-3-5-11/h1-7,10H,8-9,15H2. The lowest BCUT2D eigenvalue weighted by Crippen LogP contribution is -2.02. The third-order valence-corrected chi connectivity index (χ3v) is 2.70. The molecule has 2 aromatic rings. The van der Waals surface area contributed by atoms with E-state index in [2.05, 4.69) is 0 Å². The molecule has 2 rings (SSSR count). The molecule has 98 valence electrons. The molecule has 19 heavy (non-hydrogen) atoms. The van der Waals surface area contributed by atoms with Crippen molar-refractivity contribution in [2.75, 3.05) is 12.3 Å². The Balaban J connectivity index is 1.93. The molecular weight excluding hydrogens is 244 g/mol. The van der Waals surface area contributed by atoms with Gasteiger partial charge in [0.15, 0.2) is 0 Å². The average molecular weight is 258 g/mol. The summed E-state index contributed by atoms with van der Waals surface area (Å²) in [7, 11) is 0. The van der Waals surface area contributed by atoms with Gasteiger partial charge in [-0.1, -0.05) is 30.3 Å². The Kier molecular flexibility index (Phi) is 3.97. The molecule has 0 heterocycles. The molecule has 0 bridgehead atoms. The minimum Gasteiger partial charge on any atom is -0.493 e. The Labute approximate surface area is 110 Å². The van der Waals surface area contributed by atoms with Crippen LogP contribution < -0.4 is 10.5 Å². The first-order chi connectivity index (χ1) is 9.16. The lowest BCUT2D eigenvalue weighted by molar-refractivity contribution is -0.383. The SMILES string of the molecule is Nc1cc(OCCc2ccccc2)ccc1[N+](=O)[O-]. The minimum atomic E-state index is -0.511. The van der Waals surface area contributed by atoms with Gasteiger partial charge in [-0.25, -0.2) is 0 Å². The summed E-state index contributed by atoms with van der Waals surface area (Å²) in [5.74, 6) is 0.541. The zero-order chi connectivity index (χ0) is 13.7. The first-order valence-corrected chi connectivity index (χ1v) is 5.87. The van der Waals surface area contributed by atoms with E-state index in [4.69, 9.17) is 10.5 Å². The van der Waals surface area contributed by atoms with Gasteiger partial charge >= 0.3 is 0 Å². The molecule has 0 aliphatic rings. The topological polar surface area (TPSA) is 78.4 Å². The molecule has 2 aromatic carbocycles. The van der Waals surface area contributed by atoms with Crippen molar-refractivity contribution >= 4 is 11.4 Å². The van der Waals surface area contributed by atoms with Crippen LogP contribution in [0.2, 0.25) is 0 Å². The summed E-state index contributed by atoms with van der Waals surface area (Å²) < 4.78 is 5.52. The van der Waals surface area contributed by atoms with Crippen molar-refractivity contribution in [2.45, 2.75) is 6.42 Å². The van der Waals surface area contributed by atoms with Crippen molar-refractivity contribution in [2.24, 2.45) is 0 Å². The van der Waals surface area contributed by atoms with Crippen LogP contribution in [0, 0.1) is 10.1 Å². The molecule has 0 atom stereocenters. The first-order valence-electron chi connectivity index (χ1n) is 5.87. The lowest BCUT2D eigenvalue weighted by atomic mass is 10.2. The van der Waals surface area contributed by atoms with Gasteiger partial charge in [-0.2, -0.15) is 0 Å². The maximum Gasteiger partial charge on any atom is 0.292 e. The second-order valence-electron chi connectivity index (χ2n) is 4.06. The zero-order valence-electron chi connectivity index (χ0n) is 10.3.